The average molecular weight is 550 g/mol. The summed E-state index contributed by atoms with van der Waals surface area (Å²) in [6.07, 6.45) is 1.28. The predicted molar refractivity (Wildman–Crippen MR) is 142 cm³/mol. The van der Waals surface area contributed by atoms with E-state index in [2.05, 4.69) is 32.0 Å². The van der Waals surface area contributed by atoms with E-state index in [-0.39, 0.29) is 30.4 Å². The highest BCUT2D eigenvalue weighted by Crippen LogP contribution is 2.38. The molecule has 40 heavy (non-hydrogen) atoms. The highest BCUT2D eigenvalue weighted by Gasteiger charge is 2.52. The zero-order valence-corrected chi connectivity index (χ0v) is 23.2. The number of rotatable bonds is 7. The second kappa shape index (κ2) is 10.8. The van der Waals surface area contributed by atoms with Gasteiger partial charge in [0.15, 0.2) is 0 Å². The van der Waals surface area contributed by atoms with Crippen molar-refractivity contribution in [3.05, 3.63) is 29.8 Å². The van der Waals surface area contributed by atoms with E-state index in [0.717, 1.165) is 17.5 Å². The van der Waals surface area contributed by atoms with Crippen LogP contribution in [-0.4, -0.2) is 103 Å². The predicted octanol–water partition coefficient (Wildman–Crippen LogP) is 1.62. The molecule has 4 heterocycles. The van der Waals surface area contributed by atoms with Gasteiger partial charge in [-0.2, -0.15) is 10.5 Å². The summed E-state index contributed by atoms with van der Waals surface area (Å²) < 4.78 is 5.42. The number of tetrazole rings is 1. The Bertz CT molecular complexity index is 1300. The zero-order chi connectivity index (χ0) is 28.6. The number of alkyl carbamates (subject to hydrolysis) is 1. The molecule has 13 heteroatoms. The number of carbonyl (C=O) groups is 3. The average Bonchev–Trinajstić information content (AvgIpc) is 3.71. The fraction of sp³-hybridized carbons (Fsp3) is 0.593. The van der Waals surface area contributed by atoms with Crippen LogP contribution in [-0.2, 0) is 14.3 Å². The summed E-state index contributed by atoms with van der Waals surface area (Å²) in [5.74, 6) is 0.154. The van der Waals surface area contributed by atoms with Crippen molar-refractivity contribution in [3.8, 4) is 17.5 Å². The van der Waals surface area contributed by atoms with Crippen molar-refractivity contribution >= 4 is 17.9 Å². The Morgan fingerprint density at radius 3 is 2.80 bits per heavy atom. The molecule has 1 aromatic carbocycles. The third-order valence-corrected chi connectivity index (χ3v) is 7.80. The number of fused-ring (bicyclic) bond motifs is 2. The van der Waals surface area contributed by atoms with Crippen molar-refractivity contribution in [3.63, 3.8) is 0 Å². The van der Waals surface area contributed by atoms with Crippen LogP contribution in [0.1, 0.15) is 58.6 Å². The van der Waals surface area contributed by atoms with Crippen LogP contribution in [0.4, 0.5) is 4.79 Å². The second-order valence-electron chi connectivity index (χ2n) is 11.7. The van der Waals surface area contributed by atoms with Crippen LogP contribution in [0.15, 0.2) is 24.3 Å². The number of amides is 3. The molecule has 3 fully saturated rings. The van der Waals surface area contributed by atoms with E-state index in [1.54, 1.807) is 20.8 Å². The van der Waals surface area contributed by atoms with Gasteiger partial charge in [-0.25, -0.2) is 4.79 Å². The lowest BCUT2D eigenvalue weighted by Crippen LogP contribution is -2.59. The molecule has 5 rings (SSSR count). The Balaban J connectivity index is 1.30. The van der Waals surface area contributed by atoms with Gasteiger partial charge in [0.05, 0.1) is 18.2 Å². The SMILES string of the molecule is CC(c1cccc(-c2nn[nH]n2)c1)N1C(=O)C2CC1CN2C[C@H](NC(=O)OC(C)(C)C)C(=O)N1CCCC1C#N. The Morgan fingerprint density at radius 1 is 1.32 bits per heavy atom. The number of nitriles is 1. The van der Waals surface area contributed by atoms with E-state index in [1.807, 2.05) is 41.0 Å². The molecule has 0 radical (unpaired) electrons. The molecule has 3 saturated heterocycles. The topological polar surface area (TPSA) is 160 Å². The Kier molecular flexibility index (Phi) is 7.46. The van der Waals surface area contributed by atoms with Crippen molar-refractivity contribution in [1.29, 1.82) is 5.26 Å². The van der Waals surface area contributed by atoms with Crippen molar-refractivity contribution in [2.24, 2.45) is 0 Å². The molecule has 5 atom stereocenters. The number of hydrogen-bond acceptors (Lipinski definition) is 9. The lowest BCUT2D eigenvalue weighted by atomic mass is 10.0. The number of likely N-dealkylation sites (tertiary alicyclic amines) is 3. The van der Waals surface area contributed by atoms with Gasteiger partial charge in [0.25, 0.3) is 0 Å². The highest BCUT2D eigenvalue weighted by molar-refractivity contribution is 5.88. The molecule has 3 amide bonds. The molecule has 2 bridgehead atoms. The normalized spacial score (nSPS) is 24.2. The number of hydrogen-bond donors (Lipinski definition) is 2. The molecule has 3 aliphatic heterocycles. The quantitative estimate of drug-likeness (QED) is 0.523. The van der Waals surface area contributed by atoms with Crippen LogP contribution in [0.3, 0.4) is 0 Å². The molecule has 212 valence electrons. The van der Waals surface area contributed by atoms with E-state index in [4.69, 9.17) is 4.74 Å². The van der Waals surface area contributed by atoms with Gasteiger partial charge >= 0.3 is 6.09 Å². The number of nitrogens with zero attached hydrogens (tertiary/aromatic N) is 7. The number of nitrogens with one attached hydrogen (secondary N) is 2. The lowest BCUT2D eigenvalue weighted by molar-refractivity contribution is -0.141. The Labute approximate surface area is 232 Å². The number of piperazine rings is 1. The van der Waals surface area contributed by atoms with E-state index < -0.39 is 29.8 Å². The first-order valence-corrected chi connectivity index (χ1v) is 13.7. The van der Waals surface area contributed by atoms with Crippen molar-refractivity contribution in [1.82, 2.24) is 40.6 Å². The number of ether oxygens (including phenoxy) is 1. The first-order chi connectivity index (χ1) is 19.1. The van der Waals surface area contributed by atoms with Crippen molar-refractivity contribution < 1.29 is 19.1 Å². The molecule has 4 unspecified atom stereocenters. The first kappa shape index (κ1) is 27.5. The molecule has 1 aromatic heterocycles. The van der Waals surface area contributed by atoms with E-state index in [9.17, 15) is 19.6 Å². The van der Waals surface area contributed by atoms with Gasteiger partial charge in [-0.3, -0.25) is 14.5 Å². The third-order valence-electron chi connectivity index (χ3n) is 7.80. The summed E-state index contributed by atoms with van der Waals surface area (Å²) in [6.45, 7) is 8.46. The van der Waals surface area contributed by atoms with E-state index in [1.165, 1.54) is 4.90 Å². The molecule has 0 spiro atoms. The highest BCUT2D eigenvalue weighted by atomic mass is 16.6. The molecular formula is C27H35N9O4. The van der Waals surface area contributed by atoms with Crippen LogP contribution in [0, 0.1) is 11.3 Å². The van der Waals surface area contributed by atoms with Gasteiger partial charge in [-0.15, -0.1) is 10.2 Å². The standard InChI is InChI=1S/C27H35N9O4/c1-16(17-7-5-8-18(11-17)23-30-32-33-31-23)36-20-12-22(25(36)38)34(14-20)15-21(29-26(39)40-27(2,3)4)24(37)35-10-6-9-19(35)13-28/h5,7-8,11,16,19-22H,6,9-10,12,14-15H2,1-4H3,(H,29,39)(H,30,31,32,33)/t16?,19?,20?,21-,22?/m0/s1. The molecular weight excluding hydrogens is 514 g/mol. The van der Waals surface area contributed by atoms with Gasteiger partial charge in [0.2, 0.25) is 17.6 Å². The molecule has 0 saturated carbocycles. The maximum Gasteiger partial charge on any atom is 0.408 e. The minimum atomic E-state index is -0.937. The fourth-order valence-corrected chi connectivity index (χ4v) is 6.02. The minimum Gasteiger partial charge on any atom is -0.444 e. The summed E-state index contributed by atoms with van der Waals surface area (Å²) in [5.41, 5.74) is 1.04. The summed E-state index contributed by atoms with van der Waals surface area (Å²) in [6, 6.07) is 7.89. The Hall–Kier alpha value is -4.05. The summed E-state index contributed by atoms with van der Waals surface area (Å²) in [7, 11) is 0. The van der Waals surface area contributed by atoms with Crippen LogP contribution < -0.4 is 5.32 Å². The van der Waals surface area contributed by atoms with Gasteiger partial charge in [-0.05, 0) is 63.8 Å². The maximum atomic E-state index is 13.6. The van der Waals surface area contributed by atoms with E-state index in [0.29, 0.717) is 31.8 Å². The van der Waals surface area contributed by atoms with Gasteiger partial charge in [-0.1, -0.05) is 18.2 Å². The molecule has 3 aliphatic rings. The number of carbonyl (C=O) groups excluding carboxylic acids is 3. The third kappa shape index (κ3) is 5.49. The summed E-state index contributed by atoms with van der Waals surface area (Å²) in [5, 5.41) is 26.4. The number of aromatic nitrogens is 4. The van der Waals surface area contributed by atoms with Crippen LogP contribution >= 0.6 is 0 Å². The molecule has 13 nitrogen and oxygen atoms in total. The van der Waals surface area contributed by atoms with Gasteiger partial charge in [0.1, 0.15) is 17.7 Å². The van der Waals surface area contributed by atoms with Gasteiger partial charge in [0, 0.05) is 31.2 Å². The largest absolute Gasteiger partial charge is 0.444 e. The fourth-order valence-electron chi connectivity index (χ4n) is 6.02. The minimum absolute atomic E-state index is 0.00625. The smallest absolute Gasteiger partial charge is 0.408 e. The maximum absolute atomic E-state index is 13.6. The molecule has 0 aliphatic carbocycles. The number of benzene rings is 1. The second-order valence-corrected chi connectivity index (χ2v) is 11.7. The van der Waals surface area contributed by atoms with Crippen LogP contribution in [0.5, 0.6) is 0 Å². The van der Waals surface area contributed by atoms with Crippen molar-refractivity contribution in [2.45, 2.75) is 82.8 Å². The molecule has 2 N–H and O–H groups in total. The summed E-state index contributed by atoms with van der Waals surface area (Å²) in [4.78, 5) is 45.3. The van der Waals surface area contributed by atoms with Crippen molar-refractivity contribution in [2.75, 3.05) is 19.6 Å². The van der Waals surface area contributed by atoms with Gasteiger partial charge < -0.3 is 19.9 Å². The van der Waals surface area contributed by atoms with E-state index >= 15 is 0 Å². The Morgan fingerprint density at radius 2 is 2.12 bits per heavy atom. The summed E-state index contributed by atoms with van der Waals surface area (Å²) >= 11 is 0. The number of aromatic amines is 1. The number of H-pyrrole nitrogens is 1. The lowest BCUT2D eigenvalue weighted by Gasteiger charge is -2.39. The van der Waals surface area contributed by atoms with Crippen LogP contribution in [0.2, 0.25) is 0 Å². The van der Waals surface area contributed by atoms with Crippen LogP contribution in [0.25, 0.3) is 11.4 Å². The first-order valence-electron chi connectivity index (χ1n) is 13.7. The monoisotopic (exact) mass is 549 g/mol. The zero-order valence-electron chi connectivity index (χ0n) is 23.2. The molecule has 2 aromatic rings.